The van der Waals surface area contributed by atoms with E-state index >= 15 is 0 Å². The molecular formula is C21H22ClN3O3S3. The van der Waals surface area contributed by atoms with Crippen LogP contribution in [0.4, 0.5) is 0 Å². The third kappa shape index (κ3) is 4.56. The highest BCUT2D eigenvalue weighted by Gasteiger charge is 2.33. The fourth-order valence-electron chi connectivity index (χ4n) is 3.66. The van der Waals surface area contributed by atoms with Crippen LogP contribution in [-0.2, 0) is 21.4 Å². The van der Waals surface area contributed by atoms with Gasteiger partial charge in [0.05, 0.1) is 14.6 Å². The highest BCUT2D eigenvalue weighted by atomic mass is 35.5. The number of piperidine rings is 1. The molecule has 0 bridgehead atoms. The molecule has 2 aromatic heterocycles. The van der Waals surface area contributed by atoms with Crippen molar-refractivity contribution in [1.82, 2.24) is 8.87 Å². The van der Waals surface area contributed by atoms with Crippen LogP contribution in [0.25, 0.3) is 10.2 Å². The number of carbonyl (C=O) groups excluding carboxylic acids is 1. The summed E-state index contributed by atoms with van der Waals surface area (Å²) in [5.41, 5.74) is 2.18. The molecule has 1 aliphatic rings. The highest BCUT2D eigenvalue weighted by Crippen LogP contribution is 2.30. The van der Waals surface area contributed by atoms with Crippen molar-refractivity contribution < 1.29 is 13.2 Å². The molecule has 3 heterocycles. The quantitative estimate of drug-likeness (QED) is 0.491. The lowest BCUT2D eigenvalue weighted by atomic mass is 9.98. The summed E-state index contributed by atoms with van der Waals surface area (Å²) in [5.74, 6) is -0.486. The van der Waals surface area contributed by atoms with Gasteiger partial charge in [0, 0.05) is 25.6 Å². The van der Waals surface area contributed by atoms with Gasteiger partial charge in [-0.25, -0.2) is 8.42 Å². The Morgan fingerprint density at radius 1 is 1.26 bits per heavy atom. The number of benzene rings is 1. The Hall–Kier alpha value is -1.78. The Bertz CT molecular complexity index is 1310. The highest BCUT2D eigenvalue weighted by molar-refractivity contribution is 7.91. The van der Waals surface area contributed by atoms with Crippen molar-refractivity contribution >= 4 is 60.4 Å². The molecule has 1 aromatic carbocycles. The topological polar surface area (TPSA) is 71.7 Å². The summed E-state index contributed by atoms with van der Waals surface area (Å²) in [6, 6.07) is 9.27. The van der Waals surface area contributed by atoms with Gasteiger partial charge in [0.2, 0.25) is 0 Å². The molecule has 1 amide bonds. The summed E-state index contributed by atoms with van der Waals surface area (Å²) >= 11 is 8.42. The molecule has 0 aliphatic carbocycles. The van der Waals surface area contributed by atoms with E-state index in [4.69, 9.17) is 11.6 Å². The Morgan fingerprint density at radius 3 is 2.65 bits per heavy atom. The van der Waals surface area contributed by atoms with Crippen molar-refractivity contribution in [2.45, 2.75) is 30.5 Å². The second kappa shape index (κ2) is 8.99. The third-order valence-electron chi connectivity index (χ3n) is 5.30. The number of allylic oxidation sites excluding steroid dienone is 1. The Labute approximate surface area is 194 Å². The van der Waals surface area contributed by atoms with Crippen molar-refractivity contribution in [3.05, 3.63) is 57.7 Å². The first-order valence-corrected chi connectivity index (χ1v) is 13.3. The summed E-state index contributed by atoms with van der Waals surface area (Å²) in [5, 5.41) is 0. The number of fused-ring (bicyclic) bond motifs is 1. The molecule has 0 radical (unpaired) electrons. The third-order valence-corrected chi connectivity index (χ3v) is 9.94. The van der Waals surface area contributed by atoms with Crippen LogP contribution in [0.1, 0.15) is 18.4 Å². The molecule has 0 N–H and O–H groups in total. The van der Waals surface area contributed by atoms with E-state index in [-0.39, 0.29) is 16.0 Å². The summed E-state index contributed by atoms with van der Waals surface area (Å²) in [4.78, 5) is 18.0. The molecule has 1 fully saturated rings. The van der Waals surface area contributed by atoms with Crippen LogP contribution >= 0.6 is 34.3 Å². The number of halogens is 1. The van der Waals surface area contributed by atoms with E-state index in [2.05, 4.69) is 17.6 Å². The molecule has 0 unspecified atom stereocenters. The van der Waals surface area contributed by atoms with Gasteiger partial charge in [-0.15, -0.1) is 17.9 Å². The number of carbonyl (C=O) groups is 1. The first kappa shape index (κ1) is 22.4. The molecule has 1 saturated heterocycles. The number of rotatable bonds is 5. The summed E-state index contributed by atoms with van der Waals surface area (Å²) in [7, 11) is -3.57. The Balaban J connectivity index is 1.53. The van der Waals surface area contributed by atoms with Gasteiger partial charge in [0.15, 0.2) is 4.80 Å². The van der Waals surface area contributed by atoms with Gasteiger partial charge in [-0.1, -0.05) is 35.1 Å². The number of amides is 1. The monoisotopic (exact) mass is 495 g/mol. The lowest BCUT2D eigenvalue weighted by Crippen LogP contribution is -2.40. The van der Waals surface area contributed by atoms with Gasteiger partial charge in [-0.05, 0) is 49.6 Å². The van der Waals surface area contributed by atoms with Crippen LogP contribution in [0.3, 0.4) is 0 Å². The maximum absolute atomic E-state index is 12.9. The van der Waals surface area contributed by atoms with Gasteiger partial charge in [-0.2, -0.15) is 9.30 Å². The molecule has 6 nitrogen and oxygen atoms in total. The normalized spacial score (nSPS) is 16.8. The van der Waals surface area contributed by atoms with Gasteiger partial charge in [0.1, 0.15) is 4.21 Å². The maximum Gasteiger partial charge on any atom is 0.252 e. The number of hydrogen-bond acceptors (Lipinski definition) is 5. The number of aromatic nitrogens is 1. The van der Waals surface area contributed by atoms with Crippen molar-refractivity contribution in [2.24, 2.45) is 10.9 Å². The second-order valence-corrected chi connectivity index (χ2v) is 12.3. The van der Waals surface area contributed by atoms with Crippen molar-refractivity contribution in [3.8, 4) is 0 Å². The molecule has 0 atom stereocenters. The molecule has 164 valence electrons. The van der Waals surface area contributed by atoms with E-state index in [9.17, 15) is 13.2 Å². The van der Waals surface area contributed by atoms with Crippen molar-refractivity contribution in [1.29, 1.82) is 0 Å². The molecular weight excluding hydrogens is 474 g/mol. The van der Waals surface area contributed by atoms with Gasteiger partial charge in [-0.3, -0.25) is 4.79 Å². The number of thiophene rings is 1. The van der Waals surface area contributed by atoms with Crippen LogP contribution in [-0.4, -0.2) is 36.3 Å². The van der Waals surface area contributed by atoms with E-state index in [0.717, 1.165) is 27.1 Å². The van der Waals surface area contributed by atoms with E-state index < -0.39 is 10.0 Å². The van der Waals surface area contributed by atoms with Crippen molar-refractivity contribution in [2.75, 3.05) is 13.1 Å². The number of nitrogens with zero attached hydrogens (tertiary/aromatic N) is 3. The number of thiazole rings is 1. The average molecular weight is 496 g/mol. The van der Waals surface area contributed by atoms with Gasteiger partial charge in [0.25, 0.3) is 15.9 Å². The number of hydrogen-bond donors (Lipinski definition) is 0. The fraction of sp³-hybridized carbons (Fsp3) is 0.333. The van der Waals surface area contributed by atoms with E-state index in [1.807, 2.05) is 23.6 Å². The molecule has 3 aromatic rings. The maximum atomic E-state index is 12.9. The average Bonchev–Trinajstić information content (AvgIpc) is 3.32. The minimum absolute atomic E-state index is 0.197. The minimum atomic E-state index is -3.57. The Kier molecular flexibility index (Phi) is 6.50. The molecule has 0 spiro atoms. The van der Waals surface area contributed by atoms with Gasteiger partial charge >= 0.3 is 0 Å². The molecule has 31 heavy (non-hydrogen) atoms. The molecule has 0 saturated carbocycles. The first-order valence-electron chi connectivity index (χ1n) is 9.84. The fourth-order valence-corrected chi connectivity index (χ4v) is 7.91. The standard InChI is InChI=1S/C21H22ClN3O3S3/c1-3-10-25-16-5-4-14(2)13-17(16)29-21(25)23-20(26)15-8-11-24(12-9-15)31(27,28)19-7-6-18(22)30-19/h3-7,13,15H,1,8-12H2,2H3. The Morgan fingerprint density at radius 2 is 2.00 bits per heavy atom. The van der Waals surface area contributed by atoms with Crippen molar-refractivity contribution in [3.63, 3.8) is 0 Å². The van der Waals surface area contributed by atoms with Crippen LogP contribution in [0.2, 0.25) is 4.34 Å². The van der Waals surface area contributed by atoms with Crippen LogP contribution in [0, 0.1) is 12.8 Å². The molecule has 1 aliphatic heterocycles. The van der Waals surface area contributed by atoms with Crippen LogP contribution in [0.5, 0.6) is 0 Å². The number of aryl methyl sites for hydroxylation is 1. The predicted molar refractivity (Wildman–Crippen MR) is 126 cm³/mol. The lowest BCUT2D eigenvalue weighted by molar-refractivity contribution is -0.122. The van der Waals surface area contributed by atoms with E-state index in [1.54, 1.807) is 12.1 Å². The van der Waals surface area contributed by atoms with Crippen LogP contribution in [0.15, 0.2) is 52.2 Å². The zero-order valence-electron chi connectivity index (χ0n) is 17.0. The smallest absolute Gasteiger partial charge is 0.252 e. The van der Waals surface area contributed by atoms with Crippen LogP contribution < -0.4 is 4.80 Å². The molecule has 10 heteroatoms. The van der Waals surface area contributed by atoms with Gasteiger partial charge < -0.3 is 4.57 Å². The zero-order valence-corrected chi connectivity index (χ0v) is 20.2. The zero-order chi connectivity index (χ0) is 22.2. The molecule has 4 rings (SSSR count). The lowest BCUT2D eigenvalue weighted by Gasteiger charge is -2.29. The summed E-state index contributed by atoms with van der Waals surface area (Å²) in [6.07, 6.45) is 2.69. The number of sulfonamides is 1. The van der Waals surface area contributed by atoms with E-state index in [1.165, 1.54) is 21.7 Å². The summed E-state index contributed by atoms with van der Waals surface area (Å²) < 4.78 is 30.7. The summed E-state index contributed by atoms with van der Waals surface area (Å²) in [6.45, 7) is 7.00. The van der Waals surface area contributed by atoms with E-state index in [0.29, 0.717) is 41.6 Å². The SMILES string of the molecule is C=CCn1c(=NC(=O)C2CCN(S(=O)(=O)c3ccc(Cl)s3)CC2)sc2cc(C)ccc21. The minimum Gasteiger partial charge on any atom is -0.313 e. The second-order valence-electron chi connectivity index (χ2n) is 7.44. The first-order chi connectivity index (χ1) is 14.8. The predicted octanol–water partition coefficient (Wildman–Crippen LogP) is 4.44. The largest absolute Gasteiger partial charge is 0.313 e.